The Morgan fingerprint density at radius 3 is 0.826 bits per heavy atom. The number of carbonyl (C=O) groups excluding carboxylic acids is 4. The molecule has 4 aromatic carbocycles. The molecule has 0 saturated heterocycles. The van der Waals surface area contributed by atoms with Gasteiger partial charge in [0.1, 0.15) is 0 Å². The second-order valence-electron chi connectivity index (χ2n) is 10.6. The molecule has 0 amide bonds. The number of rotatable bonds is 11. The van der Waals surface area contributed by atoms with Gasteiger partial charge in [0, 0.05) is 28.2 Å². The summed E-state index contributed by atoms with van der Waals surface area (Å²) in [7, 11) is 0. The van der Waals surface area contributed by atoms with Gasteiger partial charge in [0.25, 0.3) is 0 Å². The van der Waals surface area contributed by atoms with Crippen molar-refractivity contribution >= 4 is 23.1 Å². The van der Waals surface area contributed by atoms with Gasteiger partial charge in [-0.15, -0.1) is 0 Å². The zero-order valence-electron chi connectivity index (χ0n) is 25.0. The van der Waals surface area contributed by atoms with Crippen LogP contribution in [0.4, 0.5) is 0 Å². The number of carbonyl (C=O) groups is 4. The van der Waals surface area contributed by atoms with Gasteiger partial charge >= 0.3 is 17.1 Å². The van der Waals surface area contributed by atoms with Crippen LogP contribution in [0.15, 0.2) is 121 Å². The van der Waals surface area contributed by atoms with Gasteiger partial charge in [-0.2, -0.15) is 0 Å². The molecule has 0 unspecified atom stereocenters. The Morgan fingerprint density at radius 2 is 0.587 bits per heavy atom. The summed E-state index contributed by atoms with van der Waals surface area (Å²) in [6, 6.07) is 34.3. The Balaban J connectivity index is 0.000000731. The van der Waals surface area contributed by atoms with Crippen LogP contribution in [0.5, 0.6) is 0 Å². The van der Waals surface area contributed by atoms with Crippen LogP contribution in [-0.4, -0.2) is 23.1 Å². The molecule has 0 atom stereocenters. The summed E-state index contributed by atoms with van der Waals surface area (Å²) in [5, 5.41) is 0. The van der Waals surface area contributed by atoms with Crippen molar-refractivity contribution in [2.45, 2.75) is 0 Å². The first kappa shape index (κ1) is 34.9. The second-order valence-corrected chi connectivity index (χ2v) is 10.6. The molecule has 10 radical (unpaired) electrons. The fraction of sp³-hybridized carbons (Fsp3) is 0.0732. The molecule has 226 valence electrons. The molecule has 0 aromatic heterocycles. The van der Waals surface area contributed by atoms with Gasteiger partial charge in [0.15, 0.2) is 23.1 Å². The summed E-state index contributed by atoms with van der Waals surface area (Å²) in [4.78, 5) is 57.1. The minimum absolute atomic E-state index is 0. The van der Waals surface area contributed by atoms with Crippen LogP contribution in [-0.2, 0) is 17.1 Å². The molecule has 2 saturated carbocycles. The van der Waals surface area contributed by atoms with Gasteiger partial charge in [-0.1, -0.05) is 121 Å². The first-order chi connectivity index (χ1) is 22.1. The Bertz CT molecular complexity index is 1330. The Kier molecular flexibility index (Phi) is 13.4. The van der Waals surface area contributed by atoms with Crippen LogP contribution >= 0.6 is 0 Å². The van der Waals surface area contributed by atoms with Crippen LogP contribution in [0.3, 0.4) is 0 Å². The van der Waals surface area contributed by atoms with E-state index in [4.69, 9.17) is 0 Å². The zero-order valence-corrected chi connectivity index (χ0v) is 26.1. The van der Waals surface area contributed by atoms with Gasteiger partial charge in [-0.25, -0.2) is 0 Å². The molecular weight excluding hydrogens is 612 g/mol. The Hall–Kier alpha value is -3.92. The van der Waals surface area contributed by atoms with Gasteiger partial charge in [-0.3, -0.25) is 19.2 Å². The number of benzene rings is 4. The van der Waals surface area contributed by atoms with Crippen molar-refractivity contribution < 1.29 is 36.2 Å². The third kappa shape index (κ3) is 8.66. The third-order valence-electron chi connectivity index (χ3n) is 7.71. The van der Waals surface area contributed by atoms with Gasteiger partial charge in [-0.05, 0) is 63.7 Å². The molecule has 46 heavy (non-hydrogen) atoms. The van der Waals surface area contributed by atoms with E-state index < -0.39 is 40.9 Å². The first-order valence-electron chi connectivity index (χ1n) is 14.8. The van der Waals surface area contributed by atoms with E-state index in [1.807, 2.05) is 32.1 Å². The summed E-state index contributed by atoms with van der Waals surface area (Å²) in [5.74, 6) is -4.86. The van der Waals surface area contributed by atoms with Crippen molar-refractivity contribution in [1.29, 1.82) is 0 Å². The summed E-state index contributed by atoms with van der Waals surface area (Å²) in [6.45, 7) is 0. The molecule has 6 rings (SSSR count). The second kappa shape index (κ2) is 17.7. The van der Waals surface area contributed by atoms with Crippen molar-refractivity contribution in [2.24, 2.45) is 17.8 Å². The summed E-state index contributed by atoms with van der Waals surface area (Å²) >= 11 is 0. The van der Waals surface area contributed by atoms with Gasteiger partial charge in [0.2, 0.25) is 0 Å². The maximum absolute atomic E-state index is 14.3. The van der Waals surface area contributed by atoms with E-state index in [1.165, 1.54) is 0 Å². The monoisotopic (exact) mass is 644 g/mol. The average Bonchev–Trinajstić information content (AvgIpc) is 3.87. The molecule has 4 nitrogen and oxygen atoms in total. The molecule has 4 aromatic rings. The summed E-state index contributed by atoms with van der Waals surface area (Å²) < 4.78 is 0. The third-order valence-corrected chi connectivity index (χ3v) is 7.71. The van der Waals surface area contributed by atoms with Crippen LogP contribution in [0.25, 0.3) is 0 Å². The SMILES string of the molecule is O=C(c1ccccc1)C(C(=O)c1ccccc1)C([C]1[CH][CH][CH][CH]1)C(C(=O)c1ccccc1)C(=O)c1ccccc1.[CH]1[CH][CH][CH][CH]1.[Fe+2]. The van der Waals surface area contributed by atoms with E-state index in [0.717, 1.165) is 0 Å². The van der Waals surface area contributed by atoms with Crippen molar-refractivity contribution in [3.63, 3.8) is 0 Å². The molecule has 0 N–H and O–H groups in total. The topological polar surface area (TPSA) is 68.3 Å². The smallest absolute Gasteiger partial charge is 0.293 e. The van der Waals surface area contributed by atoms with Crippen molar-refractivity contribution in [3.8, 4) is 0 Å². The molecule has 2 aliphatic carbocycles. The molecule has 5 heteroatoms. The molecular formula is C41H32FeO4+2. The predicted octanol–water partition coefficient (Wildman–Crippen LogP) is 7.79. The van der Waals surface area contributed by atoms with E-state index >= 15 is 0 Å². The van der Waals surface area contributed by atoms with Crippen LogP contribution < -0.4 is 0 Å². The van der Waals surface area contributed by atoms with Gasteiger partial charge < -0.3 is 0 Å². The fourth-order valence-electron chi connectivity index (χ4n) is 5.53. The average molecular weight is 645 g/mol. The Labute approximate surface area is 283 Å². The minimum Gasteiger partial charge on any atom is -0.293 e. The largest absolute Gasteiger partial charge is 2.00 e. The van der Waals surface area contributed by atoms with E-state index in [9.17, 15) is 19.2 Å². The molecule has 0 heterocycles. The molecule has 2 fully saturated rings. The minimum atomic E-state index is -1.32. The number of ketones is 4. The van der Waals surface area contributed by atoms with Crippen LogP contribution in [0.1, 0.15) is 41.4 Å². The molecule has 0 spiro atoms. The van der Waals surface area contributed by atoms with Crippen molar-refractivity contribution in [2.75, 3.05) is 0 Å². The normalized spacial score (nSPS) is 14.4. The van der Waals surface area contributed by atoms with E-state index in [0.29, 0.717) is 28.2 Å². The summed E-state index contributed by atoms with van der Waals surface area (Å²) in [6.07, 6.45) is 17.1. The summed E-state index contributed by atoms with van der Waals surface area (Å²) in [5.41, 5.74) is 1.36. The van der Waals surface area contributed by atoms with Crippen molar-refractivity contribution in [1.82, 2.24) is 0 Å². The van der Waals surface area contributed by atoms with E-state index in [1.54, 1.807) is 147 Å². The molecule has 0 bridgehead atoms. The fourth-order valence-corrected chi connectivity index (χ4v) is 5.53. The first-order valence-corrected chi connectivity index (χ1v) is 14.8. The Morgan fingerprint density at radius 1 is 0.348 bits per heavy atom. The zero-order chi connectivity index (χ0) is 31.4. The molecule has 0 aliphatic heterocycles. The van der Waals surface area contributed by atoms with Crippen LogP contribution in [0.2, 0.25) is 0 Å². The van der Waals surface area contributed by atoms with Crippen LogP contribution in [0, 0.1) is 81.5 Å². The quantitative estimate of drug-likeness (QED) is 0.0950. The van der Waals surface area contributed by atoms with E-state index in [-0.39, 0.29) is 17.1 Å². The standard InChI is InChI=1S/C36H27O4.C5H5.Fe/c37-33(26-17-5-1-6-18-26)31(34(38)27-19-7-2-8-20-27)30(25-15-13-14-16-25)32(35(39)28-21-9-3-10-22-28)36(40)29-23-11-4-12-24-29;1-2-4-5-3-1;/h1-24,30-32H;1-5H;/q;;+2. The van der Waals surface area contributed by atoms with Gasteiger partial charge in [0.05, 0.1) is 11.8 Å². The maximum atomic E-state index is 14.3. The number of hydrogen-bond donors (Lipinski definition) is 0. The molecule has 2 aliphatic rings. The van der Waals surface area contributed by atoms with E-state index in [2.05, 4.69) is 0 Å². The maximum Gasteiger partial charge on any atom is 2.00 e. The predicted molar refractivity (Wildman–Crippen MR) is 176 cm³/mol. The van der Waals surface area contributed by atoms with Crippen molar-refractivity contribution in [3.05, 3.63) is 207 Å². The number of Topliss-reactive ketones (excluding diaryl/α,β-unsaturated/α-hetero) is 4. The number of hydrogen-bond acceptors (Lipinski definition) is 4.